The second-order valence-electron chi connectivity index (χ2n) is 3.71. The maximum absolute atomic E-state index is 11.4. The molecule has 0 aromatic carbocycles. The Morgan fingerprint density at radius 2 is 2.14 bits per heavy atom. The van der Waals surface area contributed by atoms with Crippen LogP contribution in [0.25, 0.3) is 0 Å². The molecule has 1 saturated carbocycles. The molecule has 0 saturated heterocycles. The van der Waals surface area contributed by atoms with Crippen molar-refractivity contribution in [2.24, 2.45) is 0 Å². The van der Waals surface area contributed by atoms with Crippen molar-refractivity contribution in [1.29, 1.82) is 0 Å². The summed E-state index contributed by atoms with van der Waals surface area (Å²) in [6, 6.07) is 0. The fourth-order valence-electron chi connectivity index (χ4n) is 1.61. The molecule has 0 aliphatic heterocycles. The summed E-state index contributed by atoms with van der Waals surface area (Å²) >= 11 is 0. The quantitative estimate of drug-likeness (QED) is 0.553. The number of aliphatic hydroxyl groups excluding tert-OH is 1. The lowest BCUT2D eigenvalue weighted by molar-refractivity contribution is -0.143. The lowest BCUT2D eigenvalue weighted by atomic mass is 10.2. The van der Waals surface area contributed by atoms with Gasteiger partial charge in [0, 0.05) is 12.2 Å². The standard InChI is InChI=1S/C11H18O3/c1-9(5-4-8-12)11(13)14-10-6-2-3-7-10/h5,10,12H,2-4,6-8H2,1H3. The van der Waals surface area contributed by atoms with Crippen LogP contribution < -0.4 is 0 Å². The highest BCUT2D eigenvalue weighted by atomic mass is 16.5. The van der Waals surface area contributed by atoms with Crippen LogP contribution in [0.4, 0.5) is 0 Å². The van der Waals surface area contributed by atoms with Gasteiger partial charge in [0.05, 0.1) is 0 Å². The van der Waals surface area contributed by atoms with Crippen LogP contribution in [-0.4, -0.2) is 23.8 Å². The van der Waals surface area contributed by atoms with E-state index in [0.29, 0.717) is 12.0 Å². The molecular weight excluding hydrogens is 180 g/mol. The van der Waals surface area contributed by atoms with Crippen LogP contribution in [0.15, 0.2) is 11.6 Å². The number of aliphatic hydroxyl groups is 1. The molecule has 1 aliphatic carbocycles. The minimum absolute atomic E-state index is 0.0774. The van der Waals surface area contributed by atoms with Gasteiger partial charge in [-0.2, -0.15) is 0 Å². The Kier molecular flexibility index (Phi) is 4.66. The summed E-state index contributed by atoms with van der Waals surface area (Å²) in [6.45, 7) is 1.81. The summed E-state index contributed by atoms with van der Waals surface area (Å²) < 4.78 is 5.28. The van der Waals surface area contributed by atoms with Gasteiger partial charge in [-0.05, 0) is 39.0 Å². The number of carbonyl (C=O) groups is 1. The van der Waals surface area contributed by atoms with E-state index < -0.39 is 0 Å². The summed E-state index contributed by atoms with van der Waals surface area (Å²) in [7, 11) is 0. The Morgan fingerprint density at radius 1 is 1.50 bits per heavy atom. The highest BCUT2D eigenvalue weighted by Crippen LogP contribution is 2.21. The first-order chi connectivity index (χ1) is 6.74. The first kappa shape index (κ1) is 11.2. The average molecular weight is 198 g/mol. The molecule has 0 spiro atoms. The molecule has 0 atom stereocenters. The summed E-state index contributed by atoms with van der Waals surface area (Å²) in [5.74, 6) is -0.231. The van der Waals surface area contributed by atoms with E-state index in [-0.39, 0.29) is 18.7 Å². The third-order valence-corrected chi connectivity index (χ3v) is 2.48. The lowest BCUT2D eigenvalue weighted by Gasteiger charge is -2.11. The summed E-state index contributed by atoms with van der Waals surface area (Å²) in [5, 5.41) is 8.58. The molecule has 0 bridgehead atoms. The van der Waals surface area contributed by atoms with E-state index in [2.05, 4.69) is 0 Å². The van der Waals surface area contributed by atoms with Crippen molar-refractivity contribution >= 4 is 5.97 Å². The van der Waals surface area contributed by atoms with Crippen LogP contribution in [0, 0.1) is 0 Å². The van der Waals surface area contributed by atoms with Crippen molar-refractivity contribution in [2.45, 2.75) is 45.1 Å². The number of hydrogen-bond acceptors (Lipinski definition) is 3. The molecule has 3 heteroatoms. The van der Waals surface area contributed by atoms with Gasteiger partial charge in [-0.3, -0.25) is 0 Å². The molecule has 0 heterocycles. The number of carbonyl (C=O) groups excluding carboxylic acids is 1. The van der Waals surface area contributed by atoms with E-state index in [4.69, 9.17) is 9.84 Å². The fraction of sp³-hybridized carbons (Fsp3) is 0.727. The minimum atomic E-state index is -0.231. The van der Waals surface area contributed by atoms with Gasteiger partial charge < -0.3 is 9.84 Å². The highest BCUT2D eigenvalue weighted by molar-refractivity contribution is 5.87. The van der Waals surface area contributed by atoms with Crippen molar-refractivity contribution in [3.63, 3.8) is 0 Å². The second-order valence-corrected chi connectivity index (χ2v) is 3.71. The average Bonchev–Trinajstić information content (AvgIpc) is 2.66. The molecule has 0 aromatic rings. The minimum Gasteiger partial charge on any atom is -0.459 e. The molecule has 80 valence electrons. The molecular formula is C11H18O3. The van der Waals surface area contributed by atoms with Crippen LogP contribution in [0.1, 0.15) is 39.0 Å². The Balaban J connectivity index is 2.32. The zero-order chi connectivity index (χ0) is 10.4. The molecule has 0 amide bonds. The van der Waals surface area contributed by atoms with Crippen LogP contribution >= 0.6 is 0 Å². The van der Waals surface area contributed by atoms with Crippen molar-refractivity contribution in [3.8, 4) is 0 Å². The lowest BCUT2D eigenvalue weighted by Crippen LogP contribution is -2.15. The van der Waals surface area contributed by atoms with Gasteiger partial charge >= 0.3 is 5.97 Å². The Bertz CT molecular complexity index is 215. The first-order valence-corrected chi connectivity index (χ1v) is 5.22. The number of ether oxygens (including phenoxy) is 1. The van der Waals surface area contributed by atoms with Gasteiger partial charge in [0.1, 0.15) is 6.10 Å². The van der Waals surface area contributed by atoms with Crippen molar-refractivity contribution in [3.05, 3.63) is 11.6 Å². The molecule has 1 fully saturated rings. The zero-order valence-electron chi connectivity index (χ0n) is 8.66. The van der Waals surface area contributed by atoms with E-state index in [0.717, 1.165) is 25.7 Å². The number of hydrogen-bond donors (Lipinski definition) is 1. The number of esters is 1. The first-order valence-electron chi connectivity index (χ1n) is 5.22. The largest absolute Gasteiger partial charge is 0.459 e. The summed E-state index contributed by atoms with van der Waals surface area (Å²) in [5.41, 5.74) is 0.603. The van der Waals surface area contributed by atoms with Gasteiger partial charge in [0.25, 0.3) is 0 Å². The van der Waals surface area contributed by atoms with Crippen LogP contribution in [0.5, 0.6) is 0 Å². The van der Waals surface area contributed by atoms with Crippen molar-refractivity contribution < 1.29 is 14.6 Å². The maximum Gasteiger partial charge on any atom is 0.333 e. The van der Waals surface area contributed by atoms with Crippen molar-refractivity contribution in [2.75, 3.05) is 6.61 Å². The maximum atomic E-state index is 11.4. The molecule has 3 nitrogen and oxygen atoms in total. The molecule has 0 aromatic heterocycles. The second kappa shape index (κ2) is 5.81. The highest BCUT2D eigenvalue weighted by Gasteiger charge is 2.19. The van der Waals surface area contributed by atoms with Gasteiger partial charge in [-0.15, -0.1) is 0 Å². The van der Waals surface area contributed by atoms with E-state index in [9.17, 15) is 4.79 Å². The Morgan fingerprint density at radius 3 is 2.71 bits per heavy atom. The third kappa shape index (κ3) is 3.50. The van der Waals surface area contributed by atoms with Gasteiger partial charge in [-0.25, -0.2) is 4.79 Å². The molecule has 1 rings (SSSR count). The zero-order valence-corrected chi connectivity index (χ0v) is 8.66. The van der Waals surface area contributed by atoms with E-state index in [1.165, 1.54) is 0 Å². The normalized spacial score (nSPS) is 18.6. The van der Waals surface area contributed by atoms with E-state index in [1.54, 1.807) is 13.0 Å². The Labute approximate surface area is 84.8 Å². The summed E-state index contributed by atoms with van der Waals surface area (Å²) in [4.78, 5) is 11.4. The molecule has 1 N–H and O–H groups in total. The number of rotatable bonds is 4. The smallest absolute Gasteiger partial charge is 0.333 e. The fourth-order valence-corrected chi connectivity index (χ4v) is 1.61. The van der Waals surface area contributed by atoms with E-state index in [1.807, 2.05) is 0 Å². The van der Waals surface area contributed by atoms with Crippen LogP contribution in [0.2, 0.25) is 0 Å². The summed E-state index contributed by atoms with van der Waals surface area (Å²) in [6.07, 6.45) is 6.69. The molecule has 1 aliphatic rings. The molecule has 14 heavy (non-hydrogen) atoms. The van der Waals surface area contributed by atoms with Gasteiger partial charge in [0.2, 0.25) is 0 Å². The van der Waals surface area contributed by atoms with Gasteiger partial charge in [0.15, 0.2) is 0 Å². The topological polar surface area (TPSA) is 46.5 Å². The molecule has 0 radical (unpaired) electrons. The van der Waals surface area contributed by atoms with Crippen LogP contribution in [0.3, 0.4) is 0 Å². The predicted molar refractivity (Wildman–Crippen MR) is 53.8 cm³/mol. The third-order valence-electron chi connectivity index (χ3n) is 2.48. The SMILES string of the molecule is CC(=CCCO)C(=O)OC1CCCC1. The molecule has 0 unspecified atom stereocenters. The van der Waals surface area contributed by atoms with Crippen LogP contribution in [-0.2, 0) is 9.53 Å². The predicted octanol–water partition coefficient (Wildman–Crippen LogP) is 1.80. The van der Waals surface area contributed by atoms with Crippen molar-refractivity contribution in [1.82, 2.24) is 0 Å². The Hall–Kier alpha value is -0.830. The van der Waals surface area contributed by atoms with E-state index >= 15 is 0 Å². The monoisotopic (exact) mass is 198 g/mol. The van der Waals surface area contributed by atoms with Gasteiger partial charge in [-0.1, -0.05) is 6.08 Å².